The Labute approximate surface area is 105 Å². The lowest BCUT2D eigenvalue weighted by Crippen LogP contribution is -2.10. The van der Waals surface area contributed by atoms with Gasteiger partial charge in [-0.15, -0.1) is 0 Å². The van der Waals surface area contributed by atoms with Crippen LogP contribution in [0.3, 0.4) is 0 Å². The van der Waals surface area contributed by atoms with Crippen LogP contribution < -0.4 is 5.32 Å². The summed E-state index contributed by atoms with van der Waals surface area (Å²) in [6.07, 6.45) is 2.12. The van der Waals surface area contributed by atoms with Crippen molar-refractivity contribution in [2.75, 3.05) is 11.9 Å². The van der Waals surface area contributed by atoms with Crippen LogP contribution in [0.15, 0.2) is 12.3 Å². The van der Waals surface area contributed by atoms with Crippen molar-refractivity contribution in [3.8, 4) is 5.82 Å². The zero-order chi connectivity index (χ0) is 13.1. The lowest BCUT2D eigenvalue weighted by molar-refractivity contribution is 0.590. The molecule has 0 saturated carbocycles. The van der Waals surface area contributed by atoms with Crippen molar-refractivity contribution in [1.29, 1.82) is 0 Å². The van der Waals surface area contributed by atoms with Gasteiger partial charge < -0.3 is 5.32 Å². The van der Waals surface area contributed by atoms with E-state index in [-0.39, 0.29) is 5.82 Å². The van der Waals surface area contributed by atoms with E-state index in [9.17, 15) is 4.39 Å². The molecule has 2 rings (SSSR count). The summed E-state index contributed by atoms with van der Waals surface area (Å²) in [6.45, 7) is 6.51. The van der Waals surface area contributed by atoms with Gasteiger partial charge in [0.05, 0.1) is 11.9 Å². The zero-order valence-corrected chi connectivity index (χ0v) is 10.7. The van der Waals surface area contributed by atoms with Crippen LogP contribution in [0, 0.1) is 19.7 Å². The Hall–Kier alpha value is -1.98. The molecule has 0 aliphatic heterocycles. The molecule has 6 heteroatoms. The second kappa shape index (κ2) is 5.12. The molecule has 2 aromatic rings. The summed E-state index contributed by atoms with van der Waals surface area (Å²) in [4.78, 5) is 8.06. The second-order valence-electron chi connectivity index (χ2n) is 4.13. The molecule has 96 valence electrons. The van der Waals surface area contributed by atoms with E-state index in [0.717, 1.165) is 30.6 Å². The van der Waals surface area contributed by atoms with Crippen LogP contribution in [-0.4, -0.2) is 26.3 Å². The van der Waals surface area contributed by atoms with Gasteiger partial charge in [0.15, 0.2) is 11.6 Å². The molecule has 0 bridgehead atoms. The molecule has 0 aliphatic rings. The maximum atomic E-state index is 13.8. The molecular formula is C12H16FN5. The van der Waals surface area contributed by atoms with Crippen molar-refractivity contribution in [3.63, 3.8) is 0 Å². The topological polar surface area (TPSA) is 55.6 Å². The Morgan fingerprint density at radius 3 is 2.78 bits per heavy atom. The molecule has 18 heavy (non-hydrogen) atoms. The summed E-state index contributed by atoms with van der Waals surface area (Å²) >= 11 is 0. The van der Waals surface area contributed by atoms with E-state index < -0.39 is 5.82 Å². The van der Waals surface area contributed by atoms with E-state index in [1.807, 2.05) is 26.8 Å². The van der Waals surface area contributed by atoms with E-state index in [2.05, 4.69) is 20.4 Å². The predicted octanol–water partition coefficient (Wildman–Crippen LogP) is 2.24. The molecule has 0 saturated heterocycles. The van der Waals surface area contributed by atoms with Gasteiger partial charge in [0.25, 0.3) is 0 Å². The summed E-state index contributed by atoms with van der Waals surface area (Å²) < 4.78 is 15.2. The highest BCUT2D eigenvalue weighted by Gasteiger charge is 2.12. The molecule has 0 aliphatic carbocycles. The van der Waals surface area contributed by atoms with Gasteiger partial charge in [-0.3, -0.25) is 0 Å². The molecular weight excluding hydrogens is 233 g/mol. The van der Waals surface area contributed by atoms with E-state index in [1.54, 1.807) is 0 Å². The normalized spacial score (nSPS) is 10.7. The van der Waals surface area contributed by atoms with Gasteiger partial charge in [-0.05, 0) is 26.3 Å². The van der Waals surface area contributed by atoms with Gasteiger partial charge in [0.2, 0.25) is 5.95 Å². The number of halogens is 1. The van der Waals surface area contributed by atoms with Gasteiger partial charge in [0.1, 0.15) is 0 Å². The predicted molar refractivity (Wildman–Crippen MR) is 67.4 cm³/mol. The van der Waals surface area contributed by atoms with E-state index in [0.29, 0.717) is 5.95 Å². The number of hydrogen-bond acceptors (Lipinski definition) is 4. The summed E-state index contributed by atoms with van der Waals surface area (Å²) in [7, 11) is 0. The smallest absolute Gasteiger partial charge is 0.224 e. The average Bonchev–Trinajstić information content (AvgIpc) is 2.67. The fourth-order valence-electron chi connectivity index (χ4n) is 1.67. The van der Waals surface area contributed by atoms with Crippen molar-refractivity contribution in [3.05, 3.63) is 29.5 Å². The number of anilines is 1. The van der Waals surface area contributed by atoms with Crippen molar-refractivity contribution in [1.82, 2.24) is 19.7 Å². The monoisotopic (exact) mass is 249 g/mol. The van der Waals surface area contributed by atoms with Crippen molar-refractivity contribution < 1.29 is 4.39 Å². The summed E-state index contributed by atoms with van der Waals surface area (Å²) in [5, 5.41) is 7.25. The molecule has 2 heterocycles. The van der Waals surface area contributed by atoms with E-state index >= 15 is 0 Å². The Morgan fingerprint density at radius 1 is 1.39 bits per heavy atom. The Balaban J connectivity index is 2.40. The van der Waals surface area contributed by atoms with E-state index in [4.69, 9.17) is 0 Å². The number of aryl methyl sites for hydroxylation is 2. The first-order valence-corrected chi connectivity index (χ1v) is 5.92. The Kier molecular flexibility index (Phi) is 3.55. The minimum absolute atomic E-state index is 0.175. The second-order valence-corrected chi connectivity index (χ2v) is 4.13. The molecule has 0 unspecified atom stereocenters. The van der Waals surface area contributed by atoms with Crippen LogP contribution in [0.25, 0.3) is 5.82 Å². The standard InChI is InChI=1S/C12H16FN5/c1-4-5-14-12-15-7-10(13)11(16-12)18-9(3)6-8(2)17-18/h6-7H,4-5H2,1-3H3,(H,14,15,16). The molecule has 0 radical (unpaired) electrons. The van der Waals surface area contributed by atoms with Crippen LogP contribution in [0.1, 0.15) is 24.7 Å². The lowest BCUT2D eigenvalue weighted by Gasteiger charge is -2.07. The minimum atomic E-state index is -0.483. The quantitative estimate of drug-likeness (QED) is 0.902. The minimum Gasteiger partial charge on any atom is -0.354 e. The number of rotatable bonds is 4. The van der Waals surface area contributed by atoms with Crippen LogP contribution in [0.4, 0.5) is 10.3 Å². The first kappa shape index (κ1) is 12.5. The Bertz CT molecular complexity index is 549. The van der Waals surface area contributed by atoms with Crippen LogP contribution >= 0.6 is 0 Å². The maximum absolute atomic E-state index is 13.8. The SMILES string of the molecule is CCCNc1ncc(F)c(-n2nc(C)cc2C)n1. The van der Waals surface area contributed by atoms with Crippen molar-refractivity contribution >= 4 is 5.95 Å². The highest BCUT2D eigenvalue weighted by molar-refractivity contribution is 5.34. The third-order valence-corrected chi connectivity index (χ3v) is 2.47. The van der Waals surface area contributed by atoms with Crippen molar-refractivity contribution in [2.24, 2.45) is 0 Å². The number of aromatic nitrogens is 4. The Morgan fingerprint density at radius 2 is 2.17 bits per heavy atom. The fourth-order valence-corrected chi connectivity index (χ4v) is 1.67. The van der Waals surface area contributed by atoms with Crippen LogP contribution in [-0.2, 0) is 0 Å². The van der Waals surface area contributed by atoms with Crippen molar-refractivity contribution in [2.45, 2.75) is 27.2 Å². The van der Waals surface area contributed by atoms with Crippen LogP contribution in [0.5, 0.6) is 0 Å². The molecule has 0 fully saturated rings. The van der Waals surface area contributed by atoms with E-state index in [1.165, 1.54) is 4.68 Å². The highest BCUT2D eigenvalue weighted by Crippen LogP contribution is 2.14. The highest BCUT2D eigenvalue weighted by atomic mass is 19.1. The van der Waals surface area contributed by atoms with Gasteiger partial charge >= 0.3 is 0 Å². The molecule has 0 spiro atoms. The fraction of sp³-hybridized carbons (Fsp3) is 0.417. The number of nitrogens with zero attached hydrogens (tertiary/aromatic N) is 4. The molecule has 2 aromatic heterocycles. The molecule has 0 aromatic carbocycles. The lowest BCUT2D eigenvalue weighted by atomic mass is 10.4. The first-order chi connectivity index (χ1) is 8.61. The largest absolute Gasteiger partial charge is 0.354 e. The molecule has 0 atom stereocenters. The summed E-state index contributed by atoms with van der Waals surface area (Å²) in [5.74, 6) is 0.109. The zero-order valence-electron chi connectivity index (χ0n) is 10.7. The molecule has 1 N–H and O–H groups in total. The first-order valence-electron chi connectivity index (χ1n) is 5.92. The van der Waals surface area contributed by atoms with Gasteiger partial charge in [-0.1, -0.05) is 6.92 Å². The van der Waals surface area contributed by atoms with Gasteiger partial charge in [-0.2, -0.15) is 10.1 Å². The third-order valence-electron chi connectivity index (χ3n) is 2.47. The third kappa shape index (κ3) is 2.47. The number of hydrogen-bond donors (Lipinski definition) is 1. The van der Waals surface area contributed by atoms with Gasteiger partial charge in [0, 0.05) is 12.2 Å². The van der Waals surface area contributed by atoms with Crippen LogP contribution in [0.2, 0.25) is 0 Å². The van der Waals surface area contributed by atoms with Gasteiger partial charge in [-0.25, -0.2) is 14.1 Å². The summed E-state index contributed by atoms with van der Waals surface area (Å²) in [6, 6.07) is 1.88. The molecule has 5 nitrogen and oxygen atoms in total. The number of nitrogens with one attached hydrogen (secondary N) is 1. The molecule has 0 amide bonds. The maximum Gasteiger partial charge on any atom is 0.224 e. The average molecular weight is 249 g/mol. The summed E-state index contributed by atoms with van der Waals surface area (Å²) in [5.41, 5.74) is 1.67.